The van der Waals surface area contributed by atoms with Gasteiger partial charge in [0.25, 0.3) is 0 Å². The zero-order valence-electron chi connectivity index (χ0n) is 7.84. The SMILES string of the molecule is Cc1ccsc1Cn1cc(CO)nn1. The highest BCUT2D eigenvalue weighted by atomic mass is 32.1. The van der Waals surface area contributed by atoms with Crippen molar-refractivity contribution < 1.29 is 5.11 Å². The van der Waals surface area contributed by atoms with Gasteiger partial charge in [-0.05, 0) is 23.9 Å². The van der Waals surface area contributed by atoms with Gasteiger partial charge in [0.2, 0.25) is 0 Å². The summed E-state index contributed by atoms with van der Waals surface area (Å²) >= 11 is 1.71. The summed E-state index contributed by atoms with van der Waals surface area (Å²) in [5.41, 5.74) is 1.88. The Bertz CT molecular complexity index is 421. The largest absolute Gasteiger partial charge is 0.390 e. The zero-order chi connectivity index (χ0) is 9.97. The van der Waals surface area contributed by atoms with Crippen LogP contribution in [0.4, 0.5) is 0 Å². The molecule has 2 aromatic heterocycles. The van der Waals surface area contributed by atoms with E-state index in [1.54, 1.807) is 22.2 Å². The van der Waals surface area contributed by atoms with Crippen molar-refractivity contribution in [3.63, 3.8) is 0 Å². The van der Waals surface area contributed by atoms with Crippen molar-refractivity contribution in [2.75, 3.05) is 0 Å². The van der Waals surface area contributed by atoms with Gasteiger partial charge in [-0.2, -0.15) is 0 Å². The summed E-state index contributed by atoms with van der Waals surface area (Å²) in [7, 11) is 0. The molecule has 0 amide bonds. The summed E-state index contributed by atoms with van der Waals surface area (Å²) in [4.78, 5) is 1.28. The van der Waals surface area contributed by atoms with E-state index in [1.807, 2.05) is 0 Å². The first-order valence-electron chi connectivity index (χ1n) is 4.32. The molecule has 0 unspecified atom stereocenters. The molecule has 74 valence electrons. The fourth-order valence-corrected chi connectivity index (χ4v) is 2.10. The molecule has 4 nitrogen and oxygen atoms in total. The van der Waals surface area contributed by atoms with Crippen LogP contribution in [0.3, 0.4) is 0 Å². The van der Waals surface area contributed by atoms with Crippen molar-refractivity contribution in [1.82, 2.24) is 15.0 Å². The van der Waals surface area contributed by atoms with E-state index in [1.165, 1.54) is 10.4 Å². The van der Waals surface area contributed by atoms with Gasteiger partial charge in [-0.3, -0.25) is 0 Å². The molecule has 0 aromatic carbocycles. The van der Waals surface area contributed by atoms with E-state index >= 15 is 0 Å². The maximum Gasteiger partial charge on any atom is 0.108 e. The number of rotatable bonds is 3. The highest BCUT2D eigenvalue weighted by Gasteiger charge is 2.03. The van der Waals surface area contributed by atoms with Crippen LogP contribution in [0.2, 0.25) is 0 Å². The molecular formula is C9H11N3OS. The number of aromatic nitrogens is 3. The van der Waals surface area contributed by atoms with Crippen molar-refractivity contribution in [3.05, 3.63) is 33.8 Å². The smallest absolute Gasteiger partial charge is 0.108 e. The average Bonchev–Trinajstić information content (AvgIpc) is 2.77. The van der Waals surface area contributed by atoms with E-state index in [0.29, 0.717) is 5.69 Å². The maximum atomic E-state index is 8.82. The van der Waals surface area contributed by atoms with Crippen molar-refractivity contribution in [1.29, 1.82) is 0 Å². The number of aliphatic hydroxyl groups excluding tert-OH is 1. The van der Waals surface area contributed by atoms with Crippen LogP contribution in [-0.4, -0.2) is 20.1 Å². The van der Waals surface area contributed by atoms with E-state index in [9.17, 15) is 0 Å². The van der Waals surface area contributed by atoms with Crippen LogP contribution in [0.15, 0.2) is 17.6 Å². The number of nitrogens with zero attached hydrogens (tertiary/aromatic N) is 3. The molecule has 0 aliphatic carbocycles. The lowest BCUT2D eigenvalue weighted by molar-refractivity contribution is 0.276. The highest BCUT2D eigenvalue weighted by Crippen LogP contribution is 2.16. The Labute approximate surface area is 85.8 Å². The minimum Gasteiger partial charge on any atom is -0.390 e. The molecule has 1 N–H and O–H groups in total. The molecule has 2 aromatic rings. The van der Waals surface area contributed by atoms with Crippen LogP contribution in [0.1, 0.15) is 16.1 Å². The Morgan fingerprint density at radius 1 is 1.57 bits per heavy atom. The molecule has 0 fully saturated rings. The van der Waals surface area contributed by atoms with Gasteiger partial charge in [0, 0.05) is 4.88 Å². The molecule has 0 spiro atoms. The van der Waals surface area contributed by atoms with Gasteiger partial charge in [-0.25, -0.2) is 4.68 Å². The third kappa shape index (κ3) is 1.83. The molecule has 0 radical (unpaired) electrons. The Balaban J connectivity index is 2.15. The van der Waals surface area contributed by atoms with Crippen LogP contribution in [0.25, 0.3) is 0 Å². The predicted molar refractivity (Wildman–Crippen MR) is 54.1 cm³/mol. The van der Waals surface area contributed by atoms with Gasteiger partial charge < -0.3 is 5.11 Å². The first-order valence-corrected chi connectivity index (χ1v) is 5.20. The molecule has 0 bridgehead atoms. The number of thiophene rings is 1. The highest BCUT2D eigenvalue weighted by molar-refractivity contribution is 7.10. The summed E-state index contributed by atoms with van der Waals surface area (Å²) in [6, 6.07) is 2.09. The molecule has 0 saturated carbocycles. The molecule has 2 rings (SSSR count). The monoisotopic (exact) mass is 209 g/mol. The van der Waals surface area contributed by atoms with E-state index in [-0.39, 0.29) is 6.61 Å². The fourth-order valence-electron chi connectivity index (χ4n) is 1.20. The minimum absolute atomic E-state index is 0.0522. The third-order valence-corrected chi connectivity index (χ3v) is 3.03. The molecule has 0 aliphatic rings. The lowest BCUT2D eigenvalue weighted by Gasteiger charge is -1.97. The lowest BCUT2D eigenvalue weighted by atomic mass is 10.3. The number of aliphatic hydroxyl groups is 1. The van der Waals surface area contributed by atoms with E-state index in [2.05, 4.69) is 28.7 Å². The summed E-state index contributed by atoms with van der Waals surface area (Å²) < 4.78 is 1.74. The van der Waals surface area contributed by atoms with Crippen LogP contribution in [0, 0.1) is 6.92 Å². The van der Waals surface area contributed by atoms with E-state index in [4.69, 9.17) is 5.11 Å². The number of aryl methyl sites for hydroxylation is 1. The Morgan fingerprint density at radius 2 is 2.43 bits per heavy atom. The Kier molecular flexibility index (Phi) is 2.60. The standard InChI is InChI=1S/C9H11N3OS/c1-7-2-3-14-9(7)5-12-4-8(6-13)10-11-12/h2-4,13H,5-6H2,1H3. The maximum absolute atomic E-state index is 8.82. The second-order valence-corrected chi connectivity index (χ2v) is 4.09. The molecule has 5 heteroatoms. The number of hydrogen-bond acceptors (Lipinski definition) is 4. The van der Waals surface area contributed by atoms with Crippen LogP contribution >= 0.6 is 11.3 Å². The quantitative estimate of drug-likeness (QED) is 0.826. The van der Waals surface area contributed by atoms with Gasteiger partial charge >= 0.3 is 0 Å². The van der Waals surface area contributed by atoms with Gasteiger partial charge in [0.1, 0.15) is 5.69 Å². The van der Waals surface area contributed by atoms with E-state index < -0.39 is 0 Å². The summed E-state index contributed by atoms with van der Waals surface area (Å²) in [6.07, 6.45) is 1.76. The zero-order valence-corrected chi connectivity index (χ0v) is 8.66. The first kappa shape index (κ1) is 9.36. The molecule has 2 heterocycles. The summed E-state index contributed by atoms with van der Waals surface area (Å²) in [5.74, 6) is 0. The van der Waals surface area contributed by atoms with Gasteiger partial charge in [-0.1, -0.05) is 5.21 Å². The predicted octanol–water partition coefficient (Wildman–Crippen LogP) is 1.19. The van der Waals surface area contributed by atoms with Crippen LogP contribution < -0.4 is 0 Å². The van der Waals surface area contributed by atoms with Crippen molar-refractivity contribution in [2.45, 2.75) is 20.1 Å². The van der Waals surface area contributed by atoms with Crippen molar-refractivity contribution in [2.24, 2.45) is 0 Å². The fraction of sp³-hybridized carbons (Fsp3) is 0.333. The topological polar surface area (TPSA) is 50.9 Å². The van der Waals surface area contributed by atoms with Crippen LogP contribution in [0.5, 0.6) is 0 Å². The summed E-state index contributed by atoms with van der Waals surface area (Å²) in [5, 5.41) is 18.6. The molecular weight excluding hydrogens is 198 g/mol. The molecule has 14 heavy (non-hydrogen) atoms. The van der Waals surface area contributed by atoms with Gasteiger partial charge in [-0.15, -0.1) is 16.4 Å². The summed E-state index contributed by atoms with van der Waals surface area (Å²) in [6.45, 7) is 2.76. The first-order chi connectivity index (χ1) is 6.79. The second kappa shape index (κ2) is 3.89. The van der Waals surface area contributed by atoms with Crippen molar-refractivity contribution in [3.8, 4) is 0 Å². The second-order valence-electron chi connectivity index (χ2n) is 3.09. The average molecular weight is 209 g/mol. The minimum atomic E-state index is -0.0522. The lowest BCUT2D eigenvalue weighted by Crippen LogP contribution is -1.99. The third-order valence-electron chi connectivity index (χ3n) is 2.02. The molecule has 0 saturated heterocycles. The normalized spacial score (nSPS) is 10.7. The molecule has 0 atom stereocenters. The van der Waals surface area contributed by atoms with Gasteiger partial charge in [0.15, 0.2) is 0 Å². The van der Waals surface area contributed by atoms with E-state index in [0.717, 1.165) is 6.54 Å². The van der Waals surface area contributed by atoms with Gasteiger partial charge in [0.05, 0.1) is 19.3 Å². The Hall–Kier alpha value is -1.20. The number of hydrogen-bond donors (Lipinski definition) is 1. The molecule has 0 aliphatic heterocycles. The van der Waals surface area contributed by atoms with Crippen LogP contribution in [-0.2, 0) is 13.2 Å². The van der Waals surface area contributed by atoms with Crippen molar-refractivity contribution >= 4 is 11.3 Å². The Morgan fingerprint density at radius 3 is 3.00 bits per heavy atom.